The van der Waals surface area contributed by atoms with Gasteiger partial charge in [0.05, 0.1) is 7.11 Å². The van der Waals surface area contributed by atoms with Crippen LogP contribution < -0.4 is 10.5 Å². The molecular formula is C17H25ClN2O2. The molecule has 1 aliphatic rings. The minimum absolute atomic E-state index is 0.0977. The number of ether oxygens (including phenoxy) is 1. The van der Waals surface area contributed by atoms with E-state index in [2.05, 4.69) is 0 Å². The summed E-state index contributed by atoms with van der Waals surface area (Å²) >= 11 is 6.10. The number of piperidine rings is 1. The Hall–Kier alpha value is -1.26. The van der Waals surface area contributed by atoms with Gasteiger partial charge in [0.1, 0.15) is 5.75 Å². The van der Waals surface area contributed by atoms with Crippen molar-refractivity contribution in [2.45, 2.75) is 26.2 Å². The Labute approximate surface area is 137 Å². The zero-order valence-electron chi connectivity index (χ0n) is 13.3. The van der Waals surface area contributed by atoms with Crippen LogP contribution in [0.2, 0.25) is 5.02 Å². The molecular weight excluding hydrogens is 300 g/mol. The third-order valence-corrected chi connectivity index (χ3v) is 4.59. The van der Waals surface area contributed by atoms with Crippen molar-refractivity contribution in [3.05, 3.63) is 28.8 Å². The number of likely N-dealkylation sites (tertiary alicyclic amines) is 1. The maximum absolute atomic E-state index is 12.3. The van der Waals surface area contributed by atoms with Crippen LogP contribution >= 0.6 is 11.6 Å². The third-order valence-electron chi connectivity index (χ3n) is 4.36. The van der Waals surface area contributed by atoms with Gasteiger partial charge in [0.2, 0.25) is 5.91 Å². The quantitative estimate of drug-likeness (QED) is 0.906. The summed E-state index contributed by atoms with van der Waals surface area (Å²) in [6.07, 6.45) is 3.04. The first-order valence-corrected chi connectivity index (χ1v) is 8.24. The largest absolute Gasteiger partial charge is 0.496 e. The van der Waals surface area contributed by atoms with Crippen molar-refractivity contribution in [1.82, 2.24) is 4.90 Å². The van der Waals surface area contributed by atoms with E-state index < -0.39 is 0 Å². The van der Waals surface area contributed by atoms with Crippen LogP contribution in [0.25, 0.3) is 0 Å². The van der Waals surface area contributed by atoms with E-state index in [1.165, 1.54) is 0 Å². The van der Waals surface area contributed by atoms with Crippen LogP contribution in [0.5, 0.6) is 5.75 Å². The van der Waals surface area contributed by atoms with Crippen LogP contribution in [0.1, 0.15) is 25.3 Å². The summed E-state index contributed by atoms with van der Waals surface area (Å²) in [5.74, 6) is 1.38. The van der Waals surface area contributed by atoms with Gasteiger partial charge in [0.15, 0.2) is 0 Å². The summed E-state index contributed by atoms with van der Waals surface area (Å²) in [7, 11) is 1.67. The van der Waals surface area contributed by atoms with Crippen molar-refractivity contribution in [2.75, 3.05) is 26.7 Å². The molecule has 0 aliphatic carbocycles. The Balaban J connectivity index is 2.04. The molecule has 1 aliphatic heterocycles. The molecule has 2 atom stereocenters. The lowest BCUT2D eigenvalue weighted by molar-refractivity contribution is -0.136. The van der Waals surface area contributed by atoms with Crippen molar-refractivity contribution in [2.24, 2.45) is 17.6 Å². The van der Waals surface area contributed by atoms with Crippen LogP contribution in [0.15, 0.2) is 18.2 Å². The predicted molar refractivity (Wildman–Crippen MR) is 89.2 cm³/mol. The van der Waals surface area contributed by atoms with Crippen LogP contribution in [0.3, 0.4) is 0 Å². The van der Waals surface area contributed by atoms with E-state index >= 15 is 0 Å². The number of methoxy groups -OCH3 is 1. The molecule has 0 radical (unpaired) electrons. The Morgan fingerprint density at radius 1 is 1.55 bits per heavy atom. The summed E-state index contributed by atoms with van der Waals surface area (Å²) in [5.41, 5.74) is 6.73. The zero-order valence-corrected chi connectivity index (χ0v) is 14.1. The van der Waals surface area contributed by atoms with Crippen molar-refractivity contribution >= 4 is 17.5 Å². The molecule has 2 N–H and O–H groups in total. The van der Waals surface area contributed by atoms with Crippen molar-refractivity contribution in [3.63, 3.8) is 0 Å². The molecule has 122 valence electrons. The Kier molecular flexibility index (Phi) is 6.09. The SMILES string of the molecule is COc1ccc(Cl)cc1CC1CCCN(C(=O)C(C)CN)C1. The van der Waals surface area contributed by atoms with E-state index in [-0.39, 0.29) is 11.8 Å². The fraction of sp³-hybridized carbons (Fsp3) is 0.588. The first-order valence-electron chi connectivity index (χ1n) is 7.86. The predicted octanol–water partition coefficient (Wildman–Crippen LogP) is 2.72. The molecule has 0 aromatic heterocycles. The molecule has 1 heterocycles. The molecule has 2 rings (SSSR count). The van der Waals surface area contributed by atoms with Gasteiger partial charge in [-0.3, -0.25) is 4.79 Å². The first kappa shape index (κ1) is 17.1. The summed E-state index contributed by atoms with van der Waals surface area (Å²) in [6.45, 7) is 3.93. The minimum Gasteiger partial charge on any atom is -0.496 e. The van der Waals surface area contributed by atoms with Gasteiger partial charge >= 0.3 is 0 Å². The number of nitrogens with zero attached hydrogens (tertiary/aromatic N) is 1. The zero-order chi connectivity index (χ0) is 16.1. The summed E-state index contributed by atoms with van der Waals surface area (Å²) in [6, 6.07) is 5.70. The maximum atomic E-state index is 12.3. The average molecular weight is 325 g/mol. The minimum atomic E-state index is -0.0977. The van der Waals surface area contributed by atoms with Crippen molar-refractivity contribution in [1.29, 1.82) is 0 Å². The molecule has 2 unspecified atom stereocenters. The van der Waals surface area contributed by atoms with Gasteiger partial charge < -0.3 is 15.4 Å². The second-order valence-electron chi connectivity index (χ2n) is 6.09. The summed E-state index contributed by atoms with van der Waals surface area (Å²) in [5, 5.41) is 0.719. The molecule has 4 nitrogen and oxygen atoms in total. The van der Waals surface area contributed by atoms with Gasteiger partial charge in [-0.15, -0.1) is 0 Å². The van der Waals surface area contributed by atoms with Crippen molar-refractivity contribution in [3.8, 4) is 5.75 Å². The number of rotatable bonds is 5. The van der Waals surface area contributed by atoms with Crippen LogP contribution in [-0.4, -0.2) is 37.6 Å². The topological polar surface area (TPSA) is 55.6 Å². The summed E-state index contributed by atoms with van der Waals surface area (Å²) < 4.78 is 5.42. The number of benzene rings is 1. The van der Waals surface area contributed by atoms with Crippen LogP contribution in [0, 0.1) is 11.8 Å². The van der Waals surface area contributed by atoms with E-state index in [1.807, 2.05) is 30.0 Å². The van der Waals surface area contributed by atoms with E-state index in [9.17, 15) is 4.79 Å². The molecule has 0 spiro atoms. The molecule has 22 heavy (non-hydrogen) atoms. The smallest absolute Gasteiger partial charge is 0.226 e. The van der Waals surface area contributed by atoms with E-state index in [0.29, 0.717) is 12.5 Å². The highest BCUT2D eigenvalue weighted by Crippen LogP contribution is 2.28. The van der Waals surface area contributed by atoms with Crippen LogP contribution in [0.4, 0.5) is 0 Å². The lowest BCUT2D eigenvalue weighted by Crippen LogP contribution is -2.44. The molecule has 1 aromatic carbocycles. The van der Waals surface area contributed by atoms with E-state index in [1.54, 1.807) is 7.11 Å². The van der Waals surface area contributed by atoms with Crippen LogP contribution in [-0.2, 0) is 11.2 Å². The highest BCUT2D eigenvalue weighted by atomic mass is 35.5. The first-order chi connectivity index (χ1) is 10.5. The monoisotopic (exact) mass is 324 g/mol. The lowest BCUT2D eigenvalue weighted by Gasteiger charge is -2.34. The number of nitrogens with two attached hydrogens (primary N) is 1. The van der Waals surface area contributed by atoms with Crippen molar-refractivity contribution < 1.29 is 9.53 Å². The summed E-state index contributed by atoms with van der Waals surface area (Å²) in [4.78, 5) is 14.3. The Morgan fingerprint density at radius 2 is 2.32 bits per heavy atom. The molecule has 1 saturated heterocycles. The third kappa shape index (κ3) is 4.14. The number of halogens is 1. The Bertz CT molecular complexity index is 521. The number of hydrogen-bond donors (Lipinski definition) is 1. The van der Waals surface area contributed by atoms with Gasteiger partial charge in [-0.25, -0.2) is 0 Å². The molecule has 1 amide bonds. The molecule has 0 saturated carbocycles. The Morgan fingerprint density at radius 3 is 3.00 bits per heavy atom. The number of carbonyl (C=O) groups excluding carboxylic acids is 1. The van der Waals surface area contributed by atoms with E-state index in [0.717, 1.165) is 48.7 Å². The highest BCUT2D eigenvalue weighted by molar-refractivity contribution is 6.30. The molecule has 1 fully saturated rings. The molecule has 1 aromatic rings. The van der Waals surface area contributed by atoms with Gasteiger partial charge in [-0.2, -0.15) is 0 Å². The number of hydrogen-bond acceptors (Lipinski definition) is 3. The van der Waals surface area contributed by atoms with E-state index in [4.69, 9.17) is 22.1 Å². The van der Waals surface area contributed by atoms with Gasteiger partial charge in [-0.05, 0) is 48.9 Å². The average Bonchev–Trinajstić information content (AvgIpc) is 2.54. The van der Waals surface area contributed by atoms with Gasteiger partial charge in [-0.1, -0.05) is 18.5 Å². The fourth-order valence-corrected chi connectivity index (χ4v) is 3.26. The van der Waals surface area contributed by atoms with Gasteiger partial charge in [0, 0.05) is 30.6 Å². The second-order valence-corrected chi connectivity index (χ2v) is 6.53. The van der Waals surface area contributed by atoms with Gasteiger partial charge in [0.25, 0.3) is 0 Å². The number of amides is 1. The normalized spacial score (nSPS) is 19.8. The highest BCUT2D eigenvalue weighted by Gasteiger charge is 2.26. The second kappa shape index (κ2) is 7.84. The lowest BCUT2D eigenvalue weighted by atomic mass is 9.90. The fourth-order valence-electron chi connectivity index (χ4n) is 3.06. The maximum Gasteiger partial charge on any atom is 0.226 e. The standard InChI is InChI=1S/C17H25ClN2O2/c1-12(10-19)17(21)20-7-3-4-13(11-20)8-14-9-15(18)5-6-16(14)22-2/h5-6,9,12-13H,3-4,7-8,10-11,19H2,1-2H3. The molecule has 0 bridgehead atoms. The number of carbonyl (C=O) groups is 1. The molecule has 5 heteroatoms.